The highest BCUT2D eigenvalue weighted by atomic mass is 16.5. The van der Waals surface area contributed by atoms with Crippen molar-refractivity contribution in [2.75, 3.05) is 33.9 Å². The molecule has 0 atom stereocenters. The lowest BCUT2D eigenvalue weighted by Gasteiger charge is -2.18. The molecule has 1 amide bonds. The lowest BCUT2D eigenvalue weighted by Crippen LogP contribution is -2.40. The predicted molar refractivity (Wildman–Crippen MR) is 86.4 cm³/mol. The minimum Gasteiger partial charge on any atom is -0.497 e. The Kier molecular flexibility index (Phi) is 6.52. The van der Waals surface area contributed by atoms with Gasteiger partial charge in [0.25, 0.3) is 0 Å². The number of amides is 1. The zero-order valence-corrected chi connectivity index (χ0v) is 13.5. The zero-order chi connectivity index (χ0) is 15.8. The van der Waals surface area contributed by atoms with Gasteiger partial charge in [0.1, 0.15) is 18.1 Å². The molecular formula is C17H26N2O3. The van der Waals surface area contributed by atoms with Crippen molar-refractivity contribution >= 4 is 5.91 Å². The van der Waals surface area contributed by atoms with E-state index in [9.17, 15) is 4.79 Å². The maximum Gasteiger partial charge on any atom is 0.234 e. The number of hydrogen-bond donors (Lipinski definition) is 1. The Labute approximate surface area is 132 Å². The number of hydrogen-bond acceptors (Lipinski definition) is 4. The van der Waals surface area contributed by atoms with Gasteiger partial charge in [0.2, 0.25) is 5.91 Å². The molecule has 0 aliphatic heterocycles. The monoisotopic (exact) mass is 306 g/mol. The van der Waals surface area contributed by atoms with Gasteiger partial charge in [-0.3, -0.25) is 9.69 Å². The summed E-state index contributed by atoms with van der Waals surface area (Å²) in [5, 5.41) is 3.10. The van der Waals surface area contributed by atoms with Crippen molar-refractivity contribution in [3.8, 4) is 11.5 Å². The second kappa shape index (κ2) is 8.63. The van der Waals surface area contributed by atoms with Crippen LogP contribution in [0.5, 0.6) is 11.5 Å². The van der Waals surface area contributed by atoms with Gasteiger partial charge in [-0.15, -0.1) is 0 Å². The summed E-state index contributed by atoms with van der Waals surface area (Å²) in [5.41, 5.74) is 0. The number of carbonyl (C=O) groups excluding carboxylic acids is 1. The van der Waals surface area contributed by atoms with Crippen LogP contribution in [0.25, 0.3) is 0 Å². The fourth-order valence-electron chi connectivity index (χ4n) is 2.66. The normalized spacial score (nSPS) is 15.0. The molecule has 2 rings (SSSR count). The van der Waals surface area contributed by atoms with E-state index in [0.717, 1.165) is 24.3 Å². The fourth-order valence-corrected chi connectivity index (χ4v) is 2.66. The average molecular weight is 306 g/mol. The first-order valence-corrected chi connectivity index (χ1v) is 7.92. The molecule has 1 aliphatic carbocycles. The van der Waals surface area contributed by atoms with Gasteiger partial charge in [-0.05, 0) is 44.2 Å². The molecule has 0 spiro atoms. The van der Waals surface area contributed by atoms with Gasteiger partial charge in [-0.1, -0.05) is 12.8 Å². The van der Waals surface area contributed by atoms with Crippen LogP contribution < -0.4 is 14.8 Å². The molecular weight excluding hydrogens is 280 g/mol. The number of benzene rings is 1. The van der Waals surface area contributed by atoms with Crippen molar-refractivity contribution in [2.24, 2.45) is 0 Å². The third kappa shape index (κ3) is 5.56. The second-order valence-electron chi connectivity index (χ2n) is 5.81. The van der Waals surface area contributed by atoms with E-state index in [1.807, 2.05) is 36.2 Å². The molecule has 1 aromatic rings. The van der Waals surface area contributed by atoms with E-state index >= 15 is 0 Å². The maximum absolute atomic E-state index is 11.9. The van der Waals surface area contributed by atoms with Crippen molar-refractivity contribution in [3.05, 3.63) is 24.3 Å². The van der Waals surface area contributed by atoms with Crippen LogP contribution in [-0.2, 0) is 4.79 Å². The van der Waals surface area contributed by atoms with Crippen LogP contribution in [0.15, 0.2) is 24.3 Å². The van der Waals surface area contributed by atoms with E-state index in [0.29, 0.717) is 25.7 Å². The topological polar surface area (TPSA) is 50.8 Å². The molecule has 0 aromatic heterocycles. The molecule has 22 heavy (non-hydrogen) atoms. The van der Waals surface area contributed by atoms with Gasteiger partial charge < -0.3 is 14.8 Å². The molecule has 5 nitrogen and oxygen atoms in total. The SMILES string of the molecule is COc1ccc(OCCN(C)CC(=O)NC2CCCC2)cc1. The molecule has 0 unspecified atom stereocenters. The van der Waals surface area contributed by atoms with E-state index in [2.05, 4.69) is 5.32 Å². The molecule has 0 heterocycles. The lowest BCUT2D eigenvalue weighted by atomic mass is 10.2. The number of carbonyl (C=O) groups is 1. The summed E-state index contributed by atoms with van der Waals surface area (Å²) in [6.07, 6.45) is 4.71. The largest absolute Gasteiger partial charge is 0.497 e. The number of nitrogens with zero attached hydrogens (tertiary/aromatic N) is 1. The Morgan fingerprint density at radius 3 is 2.50 bits per heavy atom. The van der Waals surface area contributed by atoms with Crippen LogP contribution in [0, 0.1) is 0 Å². The molecule has 0 bridgehead atoms. The van der Waals surface area contributed by atoms with Crippen LogP contribution in [0.3, 0.4) is 0 Å². The van der Waals surface area contributed by atoms with Crippen LogP contribution in [-0.4, -0.2) is 50.7 Å². The molecule has 1 saturated carbocycles. The van der Waals surface area contributed by atoms with Crippen molar-refractivity contribution in [1.29, 1.82) is 0 Å². The molecule has 122 valence electrons. The Bertz CT molecular complexity index is 455. The minimum absolute atomic E-state index is 0.110. The van der Waals surface area contributed by atoms with Crippen LogP contribution in [0.4, 0.5) is 0 Å². The Balaban J connectivity index is 1.61. The first kappa shape index (κ1) is 16.6. The standard InChI is InChI=1S/C17H26N2O3/c1-19(13-17(20)18-14-5-3-4-6-14)11-12-22-16-9-7-15(21-2)8-10-16/h7-10,14H,3-6,11-13H2,1-2H3,(H,18,20). The Hall–Kier alpha value is -1.75. The summed E-state index contributed by atoms with van der Waals surface area (Å²) in [7, 11) is 3.58. The number of ether oxygens (including phenoxy) is 2. The van der Waals surface area contributed by atoms with Gasteiger partial charge in [0, 0.05) is 12.6 Å². The van der Waals surface area contributed by atoms with Crippen LogP contribution in [0.1, 0.15) is 25.7 Å². The quantitative estimate of drug-likeness (QED) is 0.799. The predicted octanol–water partition coefficient (Wildman–Crippen LogP) is 2.06. The average Bonchev–Trinajstić information content (AvgIpc) is 3.00. The lowest BCUT2D eigenvalue weighted by molar-refractivity contribution is -0.122. The van der Waals surface area contributed by atoms with E-state index in [-0.39, 0.29) is 5.91 Å². The smallest absolute Gasteiger partial charge is 0.234 e. The van der Waals surface area contributed by atoms with E-state index in [4.69, 9.17) is 9.47 Å². The highest BCUT2D eigenvalue weighted by molar-refractivity contribution is 5.78. The first-order chi connectivity index (χ1) is 10.7. The number of likely N-dealkylation sites (N-methyl/N-ethyl adjacent to an activating group) is 1. The maximum atomic E-state index is 11.9. The summed E-state index contributed by atoms with van der Waals surface area (Å²) in [6, 6.07) is 7.89. The van der Waals surface area contributed by atoms with Crippen molar-refractivity contribution in [1.82, 2.24) is 10.2 Å². The van der Waals surface area contributed by atoms with Gasteiger partial charge in [0.05, 0.1) is 13.7 Å². The number of nitrogens with one attached hydrogen (secondary N) is 1. The van der Waals surface area contributed by atoms with Gasteiger partial charge in [0.15, 0.2) is 0 Å². The van der Waals surface area contributed by atoms with E-state index < -0.39 is 0 Å². The molecule has 1 N–H and O–H groups in total. The molecule has 1 aliphatic rings. The number of methoxy groups -OCH3 is 1. The summed E-state index contributed by atoms with van der Waals surface area (Å²) in [4.78, 5) is 13.9. The van der Waals surface area contributed by atoms with Gasteiger partial charge in [-0.2, -0.15) is 0 Å². The summed E-state index contributed by atoms with van der Waals surface area (Å²) >= 11 is 0. The fraction of sp³-hybridized carbons (Fsp3) is 0.588. The van der Waals surface area contributed by atoms with Gasteiger partial charge in [-0.25, -0.2) is 0 Å². The highest BCUT2D eigenvalue weighted by Gasteiger charge is 2.17. The van der Waals surface area contributed by atoms with E-state index in [1.165, 1.54) is 12.8 Å². The van der Waals surface area contributed by atoms with E-state index in [1.54, 1.807) is 7.11 Å². The summed E-state index contributed by atoms with van der Waals surface area (Å²) < 4.78 is 10.8. The van der Waals surface area contributed by atoms with Crippen molar-refractivity contribution in [2.45, 2.75) is 31.7 Å². The Morgan fingerprint density at radius 1 is 1.23 bits per heavy atom. The second-order valence-corrected chi connectivity index (χ2v) is 5.81. The van der Waals surface area contributed by atoms with Crippen LogP contribution in [0.2, 0.25) is 0 Å². The third-order valence-electron chi connectivity index (χ3n) is 3.93. The van der Waals surface area contributed by atoms with Crippen molar-refractivity contribution in [3.63, 3.8) is 0 Å². The van der Waals surface area contributed by atoms with Gasteiger partial charge >= 0.3 is 0 Å². The zero-order valence-electron chi connectivity index (χ0n) is 13.5. The summed E-state index contributed by atoms with van der Waals surface area (Å²) in [5.74, 6) is 1.73. The third-order valence-corrected chi connectivity index (χ3v) is 3.93. The minimum atomic E-state index is 0.110. The molecule has 5 heteroatoms. The van der Waals surface area contributed by atoms with Crippen LogP contribution >= 0.6 is 0 Å². The molecule has 0 radical (unpaired) electrons. The first-order valence-electron chi connectivity index (χ1n) is 7.92. The Morgan fingerprint density at radius 2 is 1.86 bits per heavy atom. The summed E-state index contributed by atoms with van der Waals surface area (Å²) in [6.45, 7) is 1.69. The molecule has 0 saturated heterocycles. The number of rotatable bonds is 8. The van der Waals surface area contributed by atoms with Crippen molar-refractivity contribution < 1.29 is 14.3 Å². The molecule has 1 aromatic carbocycles. The highest BCUT2D eigenvalue weighted by Crippen LogP contribution is 2.18. The molecule has 1 fully saturated rings.